The minimum Gasteiger partial charge on any atom is -0.481 e. The Labute approximate surface area is 198 Å². The van der Waals surface area contributed by atoms with E-state index in [1.807, 2.05) is 0 Å². The summed E-state index contributed by atoms with van der Waals surface area (Å²) in [7, 11) is -4.02. The molecule has 0 spiro atoms. The van der Waals surface area contributed by atoms with Crippen molar-refractivity contribution in [3.05, 3.63) is 72.3 Å². The Bertz CT molecular complexity index is 1340. The average Bonchev–Trinajstić information content (AvgIpc) is 2.80. The molecule has 176 valence electrons. The van der Waals surface area contributed by atoms with Gasteiger partial charge in [0.1, 0.15) is 5.25 Å². The van der Waals surface area contributed by atoms with Crippen LogP contribution in [0.25, 0.3) is 10.8 Å². The molecule has 0 aliphatic carbocycles. The van der Waals surface area contributed by atoms with Gasteiger partial charge in [-0.1, -0.05) is 54.5 Å². The van der Waals surface area contributed by atoms with Crippen LogP contribution in [0.2, 0.25) is 0 Å². The molecule has 0 radical (unpaired) electrons. The van der Waals surface area contributed by atoms with Crippen LogP contribution < -0.4 is 4.90 Å². The van der Waals surface area contributed by atoms with Crippen LogP contribution in [0.15, 0.2) is 71.6 Å². The highest BCUT2D eigenvalue weighted by Crippen LogP contribution is 2.39. The van der Waals surface area contributed by atoms with Crippen LogP contribution in [0.3, 0.4) is 0 Å². The molecule has 8 heteroatoms. The molecule has 3 aromatic rings. The third kappa shape index (κ3) is 5.21. The number of carboxylic acid groups (broad SMARTS) is 2. The van der Waals surface area contributed by atoms with Crippen molar-refractivity contribution in [3.63, 3.8) is 0 Å². The van der Waals surface area contributed by atoms with E-state index in [1.165, 1.54) is 12.1 Å². The Balaban J connectivity index is 2.23. The molecule has 0 heterocycles. The number of hydrogen-bond acceptors (Lipinski definition) is 5. The van der Waals surface area contributed by atoms with Gasteiger partial charge >= 0.3 is 11.9 Å². The van der Waals surface area contributed by atoms with Crippen molar-refractivity contribution in [2.24, 2.45) is 0 Å². The van der Waals surface area contributed by atoms with Gasteiger partial charge in [-0.25, -0.2) is 8.42 Å². The SMILES string of the molecule is C#CCN(c1ccc(C(CC(=O)O)S(=O)(=O)c2ccccc2)c2ccccc12)[C@@H](C)CC(=O)O. The van der Waals surface area contributed by atoms with Crippen molar-refractivity contribution >= 4 is 38.2 Å². The summed E-state index contributed by atoms with van der Waals surface area (Å²) < 4.78 is 27.0. The Morgan fingerprint density at radius 1 is 0.912 bits per heavy atom. The number of hydrogen-bond donors (Lipinski definition) is 2. The molecule has 7 nitrogen and oxygen atoms in total. The lowest BCUT2D eigenvalue weighted by Crippen LogP contribution is -2.35. The van der Waals surface area contributed by atoms with Gasteiger partial charge in [0.05, 0.1) is 24.3 Å². The Morgan fingerprint density at radius 2 is 1.50 bits per heavy atom. The summed E-state index contributed by atoms with van der Waals surface area (Å²) in [5.74, 6) is 0.352. The van der Waals surface area contributed by atoms with Gasteiger partial charge < -0.3 is 15.1 Å². The molecule has 0 bridgehead atoms. The van der Waals surface area contributed by atoms with Crippen molar-refractivity contribution in [3.8, 4) is 12.3 Å². The number of carboxylic acids is 2. The van der Waals surface area contributed by atoms with Gasteiger partial charge in [-0.05, 0) is 36.1 Å². The van der Waals surface area contributed by atoms with Crippen LogP contribution >= 0.6 is 0 Å². The first-order valence-electron chi connectivity index (χ1n) is 10.6. The zero-order valence-corrected chi connectivity index (χ0v) is 19.4. The Morgan fingerprint density at radius 3 is 2.09 bits per heavy atom. The molecule has 0 saturated heterocycles. The fraction of sp³-hybridized carbons (Fsp3) is 0.231. The molecule has 2 N–H and O–H groups in total. The van der Waals surface area contributed by atoms with Crippen LogP contribution in [-0.2, 0) is 19.4 Å². The molecule has 3 aromatic carbocycles. The molecule has 2 atom stereocenters. The molecule has 0 saturated carbocycles. The van der Waals surface area contributed by atoms with Crippen molar-refractivity contribution in [2.75, 3.05) is 11.4 Å². The zero-order valence-electron chi connectivity index (χ0n) is 18.6. The Hall–Kier alpha value is -3.83. The third-order valence-electron chi connectivity index (χ3n) is 5.66. The van der Waals surface area contributed by atoms with Crippen molar-refractivity contribution in [1.82, 2.24) is 0 Å². The van der Waals surface area contributed by atoms with Gasteiger partial charge in [-0.15, -0.1) is 6.42 Å². The normalized spacial score (nSPS) is 13.1. The first-order valence-corrected chi connectivity index (χ1v) is 12.2. The molecule has 0 fully saturated rings. The smallest absolute Gasteiger partial charge is 0.305 e. The quantitative estimate of drug-likeness (QED) is 0.421. The fourth-order valence-electron chi connectivity index (χ4n) is 4.10. The van der Waals surface area contributed by atoms with Crippen molar-refractivity contribution < 1.29 is 28.2 Å². The van der Waals surface area contributed by atoms with Crippen molar-refractivity contribution in [2.45, 2.75) is 36.0 Å². The van der Waals surface area contributed by atoms with Gasteiger partial charge in [0.15, 0.2) is 9.84 Å². The molecular weight excluding hydrogens is 454 g/mol. The van der Waals surface area contributed by atoms with Crippen LogP contribution in [0, 0.1) is 12.3 Å². The molecule has 0 aliphatic rings. The molecule has 3 rings (SSSR count). The van der Waals surface area contributed by atoms with Crippen LogP contribution in [0.1, 0.15) is 30.6 Å². The second kappa shape index (κ2) is 10.4. The lowest BCUT2D eigenvalue weighted by molar-refractivity contribution is -0.138. The number of anilines is 1. The van der Waals surface area contributed by atoms with Gasteiger partial charge in [-0.3, -0.25) is 9.59 Å². The summed E-state index contributed by atoms with van der Waals surface area (Å²) in [5, 5.41) is 18.7. The second-order valence-corrected chi connectivity index (χ2v) is 10.1. The number of terminal acetylenes is 1. The summed E-state index contributed by atoms with van der Waals surface area (Å²) in [5.41, 5.74) is 1.01. The molecule has 0 aliphatic heterocycles. The second-order valence-electron chi connectivity index (χ2n) is 7.94. The van der Waals surface area contributed by atoms with Crippen LogP contribution in [0.5, 0.6) is 0 Å². The third-order valence-corrected chi connectivity index (χ3v) is 7.76. The maximum atomic E-state index is 13.5. The standard InChI is InChI=1S/C26H25NO6S/c1-3-15-27(18(2)16-25(28)29)23-14-13-22(20-11-7-8-12-21(20)23)24(17-26(30)31)34(32,33)19-9-5-4-6-10-19/h1,4-14,18,24H,15-17H2,2H3,(H,28,29)(H,30,31)/t18-,24?/m0/s1. The lowest BCUT2D eigenvalue weighted by atomic mass is 9.97. The van der Waals surface area contributed by atoms with Crippen LogP contribution in [0.4, 0.5) is 5.69 Å². The number of aliphatic carboxylic acids is 2. The maximum absolute atomic E-state index is 13.5. The predicted octanol–water partition coefficient (Wildman–Crippen LogP) is 4.13. The average molecular weight is 480 g/mol. The molecule has 0 aromatic heterocycles. The van der Waals surface area contributed by atoms with Crippen molar-refractivity contribution in [1.29, 1.82) is 0 Å². The van der Waals surface area contributed by atoms with E-state index in [-0.39, 0.29) is 17.9 Å². The highest BCUT2D eigenvalue weighted by molar-refractivity contribution is 7.91. The zero-order chi connectivity index (χ0) is 24.9. The molecule has 0 amide bonds. The van der Waals surface area contributed by atoms with E-state index in [0.29, 0.717) is 22.0 Å². The first kappa shape index (κ1) is 24.8. The van der Waals surface area contributed by atoms with Gasteiger partial charge in [0.2, 0.25) is 0 Å². The maximum Gasteiger partial charge on any atom is 0.305 e. The minimum atomic E-state index is -4.02. The monoisotopic (exact) mass is 479 g/mol. The highest BCUT2D eigenvalue weighted by Gasteiger charge is 2.33. The van der Waals surface area contributed by atoms with E-state index in [9.17, 15) is 28.2 Å². The summed E-state index contributed by atoms with van der Waals surface area (Å²) in [4.78, 5) is 24.8. The number of nitrogens with zero attached hydrogens (tertiary/aromatic N) is 1. The van der Waals surface area contributed by atoms with E-state index < -0.39 is 39.5 Å². The van der Waals surface area contributed by atoms with Gasteiger partial charge in [0, 0.05) is 17.1 Å². The Kier molecular flexibility index (Phi) is 7.59. The predicted molar refractivity (Wildman–Crippen MR) is 130 cm³/mol. The largest absolute Gasteiger partial charge is 0.481 e. The molecule has 1 unspecified atom stereocenters. The van der Waals surface area contributed by atoms with Gasteiger partial charge in [0.25, 0.3) is 0 Å². The molecule has 34 heavy (non-hydrogen) atoms. The first-order chi connectivity index (χ1) is 16.2. The minimum absolute atomic E-state index is 0.0402. The van der Waals surface area contributed by atoms with E-state index in [2.05, 4.69) is 5.92 Å². The number of fused-ring (bicyclic) bond motifs is 1. The number of rotatable bonds is 10. The summed E-state index contributed by atoms with van der Waals surface area (Å²) >= 11 is 0. The number of sulfone groups is 1. The van der Waals surface area contributed by atoms with E-state index in [1.54, 1.807) is 66.4 Å². The summed E-state index contributed by atoms with van der Waals surface area (Å²) in [6.07, 6.45) is 4.81. The van der Waals surface area contributed by atoms with Gasteiger partial charge in [-0.2, -0.15) is 0 Å². The number of benzene rings is 3. The lowest BCUT2D eigenvalue weighted by Gasteiger charge is -2.31. The number of carbonyl (C=O) groups is 2. The molecular formula is C26H25NO6S. The summed E-state index contributed by atoms with van der Waals surface area (Å²) in [6.45, 7) is 1.90. The van der Waals surface area contributed by atoms with E-state index >= 15 is 0 Å². The highest BCUT2D eigenvalue weighted by atomic mass is 32.2. The van der Waals surface area contributed by atoms with E-state index in [0.717, 1.165) is 0 Å². The van der Waals surface area contributed by atoms with Crippen LogP contribution in [-0.4, -0.2) is 43.2 Å². The fourth-order valence-corrected chi connectivity index (χ4v) is 5.86. The topological polar surface area (TPSA) is 112 Å². The summed E-state index contributed by atoms with van der Waals surface area (Å²) in [6, 6.07) is 17.7. The van der Waals surface area contributed by atoms with E-state index in [4.69, 9.17) is 6.42 Å².